The van der Waals surface area contributed by atoms with Crippen molar-refractivity contribution in [3.63, 3.8) is 0 Å². The second-order valence-electron chi connectivity index (χ2n) is 7.56. The zero-order valence-electron chi connectivity index (χ0n) is 17.4. The highest BCUT2D eigenvalue weighted by Crippen LogP contribution is 2.34. The second-order valence-corrected chi connectivity index (χ2v) is 8.41. The molecule has 1 aromatic carbocycles. The Kier molecular flexibility index (Phi) is 6.67. The number of carboxylic acid groups (broad SMARTS) is 1. The molecule has 0 saturated heterocycles. The molecular formula is C23H25BrN4O3. The van der Waals surface area contributed by atoms with Gasteiger partial charge in [-0.1, -0.05) is 6.07 Å². The van der Waals surface area contributed by atoms with Gasteiger partial charge < -0.3 is 15.2 Å². The van der Waals surface area contributed by atoms with Gasteiger partial charge in [-0.3, -0.25) is 9.67 Å². The number of aromatic carboxylic acids is 1. The van der Waals surface area contributed by atoms with Gasteiger partial charge >= 0.3 is 5.97 Å². The van der Waals surface area contributed by atoms with E-state index in [0.717, 1.165) is 65.0 Å². The minimum atomic E-state index is -0.913. The molecule has 2 N–H and O–H groups in total. The normalized spacial score (nSPS) is 12.3. The highest BCUT2D eigenvalue weighted by atomic mass is 79.9. The molecule has 162 valence electrons. The monoisotopic (exact) mass is 484 g/mol. The maximum absolute atomic E-state index is 11.9. The van der Waals surface area contributed by atoms with Crippen LogP contribution in [0.25, 0.3) is 11.3 Å². The lowest BCUT2D eigenvalue weighted by molar-refractivity contribution is 0.0681. The van der Waals surface area contributed by atoms with E-state index in [1.807, 2.05) is 18.3 Å². The number of methoxy groups -OCH3 is 1. The minimum Gasteiger partial charge on any atom is -0.496 e. The molecule has 1 aliphatic rings. The fraction of sp³-hybridized carbons (Fsp3) is 0.348. The molecule has 8 heteroatoms. The molecule has 0 unspecified atom stereocenters. The van der Waals surface area contributed by atoms with Gasteiger partial charge in [-0.05, 0) is 84.0 Å². The van der Waals surface area contributed by atoms with Crippen molar-refractivity contribution in [3.05, 3.63) is 63.5 Å². The summed E-state index contributed by atoms with van der Waals surface area (Å²) < 4.78 is 7.87. The van der Waals surface area contributed by atoms with Crippen LogP contribution in [0.2, 0.25) is 0 Å². The number of carboxylic acids is 1. The average molecular weight is 485 g/mol. The van der Waals surface area contributed by atoms with Crippen molar-refractivity contribution in [2.24, 2.45) is 0 Å². The minimum absolute atomic E-state index is 0.320. The molecule has 0 bridgehead atoms. The van der Waals surface area contributed by atoms with E-state index < -0.39 is 5.97 Å². The van der Waals surface area contributed by atoms with E-state index in [9.17, 15) is 9.90 Å². The van der Waals surface area contributed by atoms with Gasteiger partial charge in [0.25, 0.3) is 0 Å². The number of aryl methyl sites for hydroxylation is 2. The fourth-order valence-corrected chi connectivity index (χ4v) is 4.64. The third-order valence-electron chi connectivity index (χ3n) is 5.59. The average Bonchev–Trinajstić information content (AvgIpc) is 3.15. The van der Waals surface area contributed by atoms with E-state index in [2.05, 4.69) is 43.5 Å². The maximum Gasteiger partial charge on any atom is 0.354 e. The maximum atomic E-state index is 11.9. The summed E-state index contributed by atoms with van der Waals surface area (Å²) in [6, 6.07) is 8.02. The Hall–Kier alpha value is -2.71. The van der Waals surface area contributed by atoms with Gasteiger partial charge in [0.15, 0.2) is 0 Å². The van der Waals surface area contributed by atoms with Crippen LogP contribution in [0.1, 0.15) is 33.6 Å². The molecule has 3 aromatic rings. The molecule has 0 amide bonds. The predicted molar refractivity (Wildman–Crippen MR) is 122 cm³/mol. The highest BCUT2D eigenvalue weighted by Gasteiger charge is 2.27. The fourth-order valence-electron chi connectivity index (χ4n) is 4.05. The summed E-state index contributed by atoms with van der Waals surface area (Å²) >= 11 is 3.51. The van der Waals surface area contributed by atoms with Crippen molar-refractivity contribution in [1.82, 2.24) is 20.1 Å². The smallest absolute Gasteiger partial charge is 0.354 e. The zero-order valence-corrected chi connectivity index (χ0v) is 19.0. The number of aromatic nitrogens is 3. The van der Waals surface area contributed by atoms with Crippen molar-refractivity contribution < 1.29 is 14.6 Å². The molecule has 0 saturated carbocycles. The summed E-state index contributed by atoms with van der Waals surface area (Å²) in [5, 5.41) is 17.9. The number of hydrogen-bond donors (Lipinski definition) is 2. The van der Waals surface area contributed by atoms with E-state index in [0.29, 0.717) is 18.7 Å². The third-order valence-corrected chi connectivity index (χ3v) is 6.21. The van der Waals surface area contributed by atoms with Crippen molar-refractivity contribution in [2.45, 2.75) is 32.2 Å². The van der Waals surface area contributed by atoms with Crippen LogP contribution in [0, 0.1) is 0 Å². The van der Waals surface area contributed by atoms with Crippen LogP contribution in [0.4, 0.5) is 0 Å². The van der Waals surface area contributed by atoms with Crippen LogP contribution in [-0.2, 0) is 25.8 Å². The number of nitrogens with zero attached hydrogens (tertiary/aromatic N) is 3. The summed E-state index contributed by atoms with van der Waals surface area (Å²) in [7, 11) is 1.66. The van der Waals surface area contributed by atoms with Crippen molar-refractivity contribution >= 4 is 21.9 Å². The molecule has 4 rings (SSSR count). The topological polar surface area (TPSA) is 89.3 Å². The number of nitrogens with one attached hydrogen (secondary N) is 1. The van der Waals surface area contributed by atoms with Gasteiger partial charge in [-0.15, -0.1) is 0 Å². The first-order valence-electron chi connectivity index (χ1n) is 10.4. The van der Waals surface area contributed by atoms with E-state index >= 15 is 0 Å². The van der Waals surface area contributed by atoms with Crippen LogP contribution in [-0.4, -0.2) is 46.0 Å². The van der Waals surface area contributed by atoms with E-state index in [-0.39, 0.29) is 0 Å². The Bertz CT molecular complexity index is 1100. The standard InChI is InChI=1S/C23H25BrN4O3/c1-31-20-6-3-15(13-19(20)24)7-10-25-9-2-12-28-22(23(29)30)18-5-4-16-14-26-11-8-17(16)21(18)27-28/h3,6,8,11,13-14,25H,2,4-5,7,9-10,12H2,1H3,(H,29,30). The van der Waals surface area contributed by atoms with E-state index in [1.165, 1.54) is 5.56 Å². The molecule has 7 nitrogen and oxygen atoms in total. The van der Waals surface area contributed by atoms with Gasteiger partial charge in [0.2, 0.25) is 0 Å². The largest absolute Gasteiger partial charge is 0.496 e. The van der Waals surface area contributed by atoms with Gasteiger partial charge in [0, 0.05) is 30.1 Å². The van der Waals surface area contributed by atoms with Crippen LogP contribution < -0.4 is 10.1 Å². The second kappa shape index (κ2) is 9.62. The zero-order chi connectivity index (χ0) is 21.8. The first-order chi connectivity index (χ1) is 15.1. The summed E-state index contributed by atoms with van der Waals surface area (Å²) in [6.07, 6.45) is 6.78. The van der Waals surface area contributed by atoms with Crippen molar-refractivity contribution in [1.29, 1.82) is 0 Å². The number of hydrogen-bond acceptors (Lipinski definition) is 5. The molecule has 0 fully saturated rings. The molecule has 0 radical (unpaired) electrons. The molecular weight excluding hydrogens is 460 g/mol. The number of pyridine rings is 1. The SMILES string of the molecule is COc1ccc(CCNCCCn2nc3c(c2C(=O)O)CCc2cnccc2-3)cc1Br. The predicted octanol–water partition coefficient (Wildman–Crippen LogP) is 3.74. The quantitative estimate of drug-likeness (QED) is 0.449. The Morgan fingerprint density at radius 3 is 2.94 bits per heavy atom. The number of halogens is 1. The van der Waals surface area contributed by atoms with E-state index in [4.69, 9.17) is 4.74 Å². The van der Waals surface area contributed by atoms with Crippen molar-refractivity contribution in [2.75, 3.05) is 20.2 Å². The number of ether oxygens (including phenoxy) is 1. The lowest BCUT2D eigenvalue weighted by Crippen LogP contribution is -2.21. The summed E-state index contributed by atoms with van der Waals surface area (Å²) in [6.45, 7) is 2.21. The Balaban J connectivity index is 1.34. The molecule has 1 aliphatic carbocycles. The summed E-state index contributed by atoms with van der Waals surface area (Å²) in [5.74, 6) is -0.0870. The lowest BCUT2D eigenvalue weighted by Gasteiger charge is -2.14. The van der Waals surface area contributed by atoms with Crippen molar-refractivity contribution in [3.8, 4) is 17.0 Å². The number of fused-ring (bicyclic) bond motifs is 3. The number of rotatable bonds is 9. The summed E-state index contributed by atoms with van der Waals surface area (Å²) in [4.78, 5) is 16.1. The molecule has 2 heterocycles. The molecule has 0 aliphatic heterocycles. The Morgan fingerprint density at radius 2 is 2.16 bits per heavy atom. The molecule has 31 heavy (non-hydrogen) atoms. The molecule has 2 aromatic heterocycles. The highest BCUT2D eigenvalue weighted by molar-refractivity contribution is 9.10. The first kappa shape index (κ1) is 21.5. The lowest BCUT2D eigenvalue weighted by atomic mass is 9.90. The number of benzene rings is 1. The molecule has 0 atom stereocenters. The first-order valence-corrected chi connectivity index (χ1v) is 11.2. The van der Waals surface area contributed by atoms with Crippen LogP contribution in [0.3, 0.4) is 0 Å². The number of carbonyl (C=O) groups is 1. The van der Waals surface area contributed by atoms with Gasteiger partial charge in [-0.2, -0.15) is 5.10 Å². The van der Waals surface area contributed by atoms with E-state index in [1.54, 1.807) is 18.0 Å². The van der Waals surface area contributed by atoms with Crippen LogP contribution in [0.15, 0.2) is 41.1 Å². The van der Waals surface area contributed by atoms with Crippen LogP contribution in [0.5, 0.6) is 5.75 Å². The summed E-state index contributed by atoms with van der Waals surface area (Å²) in [5.41, 5.74) is 5.30. The third kappa shape index (κ3) is 4.65. The van der Waals surface area contributed by atoms with Gasteiger partial charge in [0.1, 0.15) is 11.4 Å². The Morgan fingerprint density at radius 1 is 1.29 bits per heavy atom. The van der Waals surface area contributed by atoms with Gasteiger partial charge in [0.05, 0.1) is 17.3 Å². The molecule has 0 spiro atoms. The Labute approximate surface area is 189 Å². The van der Waals surface area contributed by atoms with Gasteiger partial charge in [-0.25, -0.2) is 4.79 Å². The van der Waals surface area contributed by atoms with Crippen LogP contribution >= 0.6 is 15.9 Å².